The molecule has 0 amide bonds. The van der Waals surface area contributed by atoms with Gasteiger partial charge in [-0.2, -0.15) is 0 Å². The number of hydrogen-bond acceptors (Lipinski definition) is 1. The lowest BCUT2D eigenvalue weighted by Crippen LogP contribution is -2.14. The molecule has 0 aromatic heterocycles. The molecule has 7 aromatic carbocycles. The summed E-state index contributed by atoms with van der Waals surface area (Å²) in [5.74, 6) is 0. The minimum absolute atomic E-state index is 0.0527. The maximum atomic E-state index is 2.56. The van der Waals surface area contributed by atoms with Gasteiger partial charge in [0, 0.05) is 27.6 Å². The van der Waals surface area contributed by atoms with Gasteiger partial charge in [0.2, 0.25) is 0 Å². The number of fused-ring (bicyclic) bond motifs is 7. The number of aryl methyl sites for hydroxylation is 3. The monoisotopic (exact) mass is 577 g/mol. The minimum atomic E-state index is -0.0527. The highest BCUT2D eigenvalue weighted by atomic mass is 15.2. The molecule has 216 valence electrons. The fourth-order valence-corrected chi connectivity index (χ4v) is 8.28. The van der Waals surface area contributed by atoms with Crippen molar-refractivity contribution in [3.8, 4) is 22.3 Å². The van der Waals surface area contributed by atoms with E-state index in [0.717, 1.165) is 12.8 Å². The molecule has 1 nitrogen and oxygen atoms in total. The molecule has 0 fully saturated rings. The van der Waals surface area contributed by atoms with Crippen molar-refractivity contribution in [2.45, 2.75) is 39.0 Å². The fourth-order valence-electron chi connectivity index (χ4n) is 8.28. The molecule has 2 aliphatic rings. The first-order valence-electron chi connectivity index (χ1n) is 16.2. The van der Waals surface area contributed by atoms with Gasteiger partial charge in [0.05, 0.1) is 5.69 Å². The average molecular weight is 578 g/mol. The van der Waals surface area contributed by atoms with E-state index in [-0.39, 0.29) is 5.41 Å². The third-order valence-corrected chi connectivity index (χ3v) is 10.4. The summed E-state index contributed by atoms with van der Waals surface area (Å²) in [4.78, 5) is 2.56. The summed E-state index contributed by atoms with van der Waals surface area (Å²) in [7, 11) is 0. The smallest absolute Gasteiger partial charge is 0.0619 e. The summed E-state index contributed by atoms with van der Waals surface area (Å²) in [5.41, 5.74) is 16.0. The second-order valence-corrected chi connectivity index (χ2v) is 13.3. The Kier molecular flexibility index (Phi) is 5.65. The Balaban J connectivity index is 1.45. The van der Waals surface area contributed by atoms with E-state index in [2.05, 4.69) is 159 Å². The van der Waals surface area contributed by atoms with Crippen molar-refractivity contribution < 1.29 is 0 Å². The second kappa shape index (κ2) is 9.68. The van der Waals surface area contributed by atoms with E-state index >= 15 is 0 Å². The van der Waals surface area contributed by atoms with Crippen molar-refractivity contribution in [2.75, 3.05) is 4.90 Å². The van der Waals surface area contributed by atoms with E-state index in [9.17, 15) is 0 Å². The summed E-state index contributed by atoms with van der Waals surface area (Å²) in [5, 5.41) is 5.15. The van der Waals surface area contributed by atoms with Crippen molar-refractivity contribution in [2.24, 2.45) is 0 Å². The first-order valence-corrected chi connectivity index (χ1v) is 16.2. The molecular weight excluding hydrogens is 542 g/mol. The summed E-state index contributed by atoms with van der Waals surface area (Å²) in [6, 6.07) is 50.1. The predicted octanol–water partition coefficient (Wildman–Crippen LogP) is 11.8. The van der Waals surface area contributed by atoms with Gasteiger partial charge in [0.15, 0.2) is 0 Å². The van der Waals surface area contributed by atoms with E-state index < -0.39 is 0 Å². The molecule has 1 aliphatic carbocycles. The van der Waals surface area contributed by atoms with Gasteiger partial charge in [-0.1, -0.05) is 141 Å². The third-order valence-electron chi connectivity index (χ3n) is 10.4. The fraction of sp³-hybridized carbons (Fsp3) is 0.136. The molecule has 1 heteroatoms. The van der Waals surface area contributed by atoms with Crippen LogP contribution in [0.3, 0.4) is 0 Å². The minimum Gasteiger partial charge on any atom is -0.309 e. The van der Waals surface area contributed by atoms with Crippen molar-refractivity contribution in [1.82, 2.24) is 0 Å². The summed E-state index contributed by atoms with van der Waals surface area (Å²) < 4.78 is 0. The van der Waals surface area contributed by atoms with Crippen LogP contribution in [0.5, 0.6) is 0 Å². The Bertz CT molecular complexity index is 2270. The van der Waals surface area contributed by atoms with Crippen LogP contribution in [0, 0.1) is 6.92 Å². The lowest BCUT2D eigenvalue weighted by atomic mass is 9.81. The lowest BCUT2D eigenvalue weighted by Gasteiger charge is -2.31. The Morgan fingerprint density at radius 1 is 0.489 bits per heavy atom. The first-order chi connectivity index (χ1) is 22.0. The molecule has 0 bridgehead atoms. The third kappa shape index (κ3) is 3.74. The summed E-state index contributed by atoms with van der Waals surface area (Å²) in [6.45, 7) is 6.97. The van der Waals surface area contributed by atoms with Crippen LogP contribution in [0.1, 0.15) is 41.7 Å². The molecule has 0 spiro atoms. The first kappa shape index (κ1) is 26.3. The SMILES string of the molecule is Cc1ccc2c(N3c4ccccc4CCc4ccccc43)c3ccccc3c(-c3cccc4c3-c3ccccc3C4(C)C)c2c1. The van der Waals surface area contributed by atoms with E-state index in [1.54, 1.807) is 0 Å². The molecular formula is C44H35N. The molecule has 9 rings (SSSR count). The molecule has 0 atom stereocenters. The van der Waals surface area contributed by atoms with Gasteiger partial charge in [-0.25, -0.2) is 0 Å². The Labute approximate surface area is 265 Å². The zero-order valence-electron chi connectivity index (χ0n) is 26.1. The number of benzene rings is 7. The molecule has 0 saturated carbocycles. The molecule has 0 N–H and O–H groups in total. The number of rotatable bonds is 2. The van der Waals surface area contributed by atoms with Crippen LogP contribution in [-0.4, -0.2) is 0 Å². The highest BCUT2D eigenvalue weighted by Gasteiger charge is 2.37. The van der Waals surface area contributed by atoms with Crippen LogP contribution in [0.25, 0.3) is 43.8 Å². The Hall–Kier alpha value is -5.14. The number of para-hydroxylation sites is 2. The zero-order chi connectivity index (χ0) is 30.3. The molecule has 45 heavy (non-hydrogen) atoms. The van der Waals surface area contributed by atoms with Crippen molar-refractivity contribution >= 4 is 38.6 Å². The van der Waals surface area contributed by atoms with E-state index in [1.165, 1.54) is 88.7 Å². The average Bonchev–Trinajstić information content (AvgIpc) is 3.19. The van der Waals surface area contributed by atoms with Crippen LogP contribution >= 0.6 is 0 Å². The van der Waals surface area contributed by atoms with Crippen LogP contribution in [-0.2, 0) is 18.3 Å². The normalized spacial score (nSPS) is 14.5. The van der Waals surface area contributed by atoms with E-state index in [1.807, 2.05) is 0 Å². The van der Waals surface area contributed by atoms with Gasteiger partial charge in [-0.15, -0.1) is 0 Å². The van der Waals surface area contributed by atoms with Gasteiger partial charge in [-0.05, 0) is 87.2 Å². The Morgan fingerprint density at radius 2 is 1.07 bits per heavy atom. The van der Waals surface area contributed by atoms with E-state index in [4.69, 9.17) is 0 Å². The van der Waals surface area contributed by atoms with Gasteiger partial charge >= 0.3 is 0 Å². The molecule has 0 radical (unpaired) electrons. The van der Waals surface area contributed by atoms with Gasteiger partial charge < -0.3 is 4.90 Å². The van der Waals surface area contributed by atoms with Gasteiger partial charge in [-0.3, -0.25) is 0 Å². The van der Waals surface area contributed by atoms with Crippen LogP contribution in [0.4, 0.5) is 17.1 Å². The largest absolute Gasteiger partial charge is 0.309 e. The predicted molar refractivity (Wildman–Crippen MR) is 191 cm³/mol. The number of anilines is 3. The summed E-state index contributed by atoms with van der Waals surface area (Å²) >= 11 is 0. The van der Waals surface area contributed by atoms with Gasteiger partial charge in [0.25, 0.3) is 0 Å². The van der Waals surface area contributed by atoms with Crippen LogP contribution in [0.15, 0.2) is 133 Å². The van der Waals surface area contributed by atoms with Crippen molar-refractivity contribution in [1.29, 1.82) is 0 Å². The van der Waals surface area contributed by atoms with Gasteiger partial charge in [0.1, 0.15) is 0 Å². The lowest BCUT2D eigenvalue weighted by molar-refractivity contribution is 0.660. The van der Waals surface area contributed by atoms with Crippen LogP contribution in [0.2, 0.25) is 0 Å². The molecule has 0 saturated heterocycles. The zero-order valence-corrected chi connectivity index (χ0v) is 26.1. The topological polar surface area (TPSA) is 3.24 Å². The quantitative estimate of drug-likeness (QED) is 0.185. The Morgan fingerprint density at radius 3 is 1.82 bits per heavy atom. The number of nitrogens with zero attached hydrogens (tertiary/aromatic N) is 1. The summed E-state index contributed by atoms with van der Waals surface area (Å²) in [6.07, 6.45) is 2.06. The molecule has 7 aromatic rings. The van der Waals surface area contributed by atoms with Crippen LogP contribution < -0.4 is 4.90 Å². The maximum Gasteiger partial charge on any atom is 0.0619 e. The standard InChI is InChI=1S/C44H35N/c1-28-23-26-33-36(27-28)41(35-18-12-20-38-42(35)34-17-8-9-19-37(34)44(38,2)3)31-15-6-7-16-32(31)43(33)45-39-21-10-4-13-29(39)24-25-30-14-5-11-22-40(30)45/h4-23,26-27H,24-25H2,1-3H3. The highest BCUT2D eigenvalue weighted by molar-refractivity contribution is 6.24. The van der Waals surface area contributed by atoms with E-state index in [0.29, 0.717) is 0 Å². The second-order valence-electron chi connectivity index (χ2n) is 13.3. The molecule has 0 unspecified atom stereocenters. The number of hydrogen-bond donors (Lipinski definition) is 0. The molecule has 1 aliphatic heterocycles. The van der Waals surface area contributed by atoms with Crippen molar-refractivity contribution in [3.63, 3.8) is 0 Å². The highest BCUT2D eigenvalue weighted by Crippen LogP contribution is 2.55. The maximum absolute atomic E-state index is 2.56. The van der Waals surface area contributed by atoms with Crippen molar-refractivity contribution in [3.05, 3.63) is 161 Å². The molecule has 1 heterocycles.